The molecule has 1 fully saturated rings. The summed E-state index contributed by atoms with van der Waals surface area (Å²) in [4.78, 5) is 0. The molecule has 0 aromatic heterocycles. The molecule has 1 aromatic rings. The topological polar surface area (TPSA) is 32.3 Å². The normalized spacial score (nSPS) is 24.8. The number of nitrogens with one attached hydrogen (secondary N) is 1. The number of benzene rings is 1. The first-order chi connectivity index (χ1) is 8.68. The van der Waals surface area contributed by atoms with E-state index >= 15 is 0 Å². The molecule has 1 atom stereocenters. The van der Waals surface area contributed by atoms with Gasteiger partial charge in [-0.05, 0) is 61.9 Å². The van der Waals surface area contributed by atoms with Gasteiger partial charge in [-0.3, -0.25) is 0 Å². The van der Waals surface area contributed by atoms with Crippen molar-refractivity contribution in [1.29, 1.82) is 0 Å². The van der Waals surface area contributed by atoms with Gasteiger partial charge in [0.05, 0.1) is 10.0 Å². The second-order valence-electron chi connectivity index (χ2n) is 4.99. The van der Waals surface area contributed by atoms with Crippen LogP contribution in [-0.4, -0.2) is 24.8 Å². The third kappa shape index (κ3) is 3.00. The highest BCUT2D eigenvalue weighted by Gasteiger charge is 2.32. The van der Waals surface area contributed by atoms with Gasteiger partial charge < -0.3 is 10.4 Å². The summed E-state index contributed by atoms with van der Waals surface area (Å²) in [6.07, 6.45) is 4.02. The Hall–Kier alpha value is -0.280. The largest absolute Gasteiger partial charge is 0.396 e. The highest BCUT2D eigenvalue weighted by molar-refractivity contribution is 6.42. The SMILES string of the molecule is OCCC1(c2ccc(Cl)c(Cl)c2)CCCNCC1. The van der Waals surface area contributed by atoms with Crippen LogP contribution in [0.2, 0.25) is 10.0 Å². The Balaban J connectivity index is 2.35. The molecule has 2 rings (SSSR count). The maximum absolute atomic E-state index is 9.38. The first-order valence-corrected chi connectivity index (χ1v) is 7.21. The van der Waals surface area contributed by atoms with Crippen molar-refractivity contribution >= 4 is 23.2 Å². The van der Waals surface area contributed by atoms with Crippen LogP contribution in [0, 0.1) is 0 Å². The van der Waals surface area contributed by atoms with E-state index in [1.54, 1.807) is 0 Å². The number of aliphatic hydroxyl groups excluding tert-OH is 1. The maximum Gasteiger partial charge on any atom is 0.0595 e. The minimum absolute atomic E-state index is 0.0342. The summed E-state index contributed by atoms with van der Waals surface area (Å²) in [5.74, 6) is 0. The van der Waals surface area contributed by atoms with Gasteiger partial charge in [0, 0.05) is 6.61 Å². The van der Waals surface area contributed by atoms with Crippen LogP contribution in [0.3, 0.4) is 0 Å². The minimum Gasteiger partial charge on any atom is -0.396 e. The van der Waals surface area contributed by atoms with E-state index in [4.69, 9.17) is 23.2 Å². The fourth-order valence-corrected chi connectivity index (χ4v) is 3.15. The number of hydrogen-bond acceptors (Lipinski definition) is 2. The molecule has 1 unspecified atom stereocenters. The van der Waals surface area contributed by atoms with E-state index in [-0.39, 0.29) is 12.0 Å². The van der Waals surface area contributed by atoms with E-state index in [0.717, 1.165) is 38.8 Å². The van der Waals surface area contributed by atoms with Crippen LogP contribution in [0.1, 0.15) is 31.2 Å². The van der Waals surface area contributed by atoms with E-state index in [1.807, 2.05) is 12.1 Å². The highest BCUT2D eigenvalue weighted by Crippen LogP contribution is 2.39. The van der Waals surface area contributed by atoms with Crippen molar-refractivity contribution < 1.29 is 5.11 Å². The Morgan fingerprint density at radius 2 is 2.00 bits per heavy atom. The molecule has 0 aliphatic carbocycles. The van der Waals surface area contributed by atoms with Crippen LogP contribution in [0.25, 0.3) is 0 Å². The lowest BCUT2D eigenvalue weighted by Crippen LogP contribution is -2.29. The van der Waals surface area contributed by atoms with Gasteiger partial charge in [-0.15, -0.1) is 0 Å². The molecule has 1 aliphatic rings. The van der Waals surface area contributed by atoms with Gasteiger partial charge in [0.25, 0.3) is 0 Å². The molecular weight excluding hydrogens is 269 g/mol. The molecular formula is C14H19Cl2NO. The van der Waals surface area contributed by atoms with E-state index in [0.29, 0.717) is 10.0 Å². The summed E-state index contributed by atoms with van der Waals surface area (Å²) in [5.41, 5.74) is 1.24. The lowest BCUT2D eigenvalue weighted by molar-refractivity contribution is 0.224. The number of hydrogen-bond donors (Lipinski definition) is 2. The van der Waals surface area contributed by atoms with E-state index < -0.39 is 0 Å². The van der Waals surface area contributed by atoms with Crippen LogP contribution in [0.15, 0.2) is 18.2 Å². The number of halogens is 2. The molecule has 0 bridgehead atoms. The molecule has 18 heavy (non-hydrogen) atoms. The molecule has 0 amide bonds. The lowest BCUT2D eigenvalue weighted by atomic mass is 9.72. The van der Waals surface area contributed by atoms with Gasteiger partial charge in [0.2, 0.25) is 0 Å². The third-order valence-corrected chi connectivity index (χ3v) is 4.65. The van der Waals surface area contributed by atoms with E-state index in [2.05, 4.69) is 11.4 Å². The van der Waals surface area contributed by atoms with Gasteiger partial charge in [0.15, 0.2) is 0 Å². The van der Waals surface area contributed by atoms with Crippen LogP contribution >= 0.6 is 23.2 Å². The summed E-state index contributed by atoms with van der Waals surface area (Å²) in [5, 5.41) is 14.0. The zero-order valence-electron chi connectivity index (χ0n) is 10.4. The molecule has 0 spiro atoms. The van der Waals surface area contributed by atoms with Gasteiger partial charge in [-0.1, -0.05) is 29.3 Å². The van der Waals surface area contributed by atoms with Crippen molar-refractivity contribution in [3.8, 4) is 0 Å². The molecule has 2 N–H and O–H groups in total. The maximum atomic E-state index is 9.38. The lowest BCUT2D eigenvalue weighted by Gasteiger charge is -2.33. The fourth-order valence-electron chi connectivity index (χ4n) is 2.85. The minimum atomic E-state index is 0.0342. The Morgan fingerprint density at radius 3 is 2.72 bits per heavy atom. The van der Waals surface area contributed by atoms with Crippen molar-refractivity contribution in [3.63, 3.8) is 0 Å². The van der Waals surface area contributed by atoms with E-state index in [1.165, 1.54) is 5.56 Å². The van der Waals surface area contributed by atoms with Crippen molar-refractivity contribution in [2.45, 2.75) is 31.1 Å². The highest BCUT2D eigenvalue weighted by atomic mass is 35.5. The summed E-state index contributed by atoms with van der Waals surface area (Å²) >= 11 is 12.1. The molecule has 1 saturated heterocycles. The van der Waals surface area contributed by atoms with Crippen LogP contribution in [-0.2, 0) is 5.41 Å². The summed E-state index contributed by atoms with van der Waals surface area (Å²) in [6.45, 7) is 2.25. The van der Waals surface area contributed by atoms with E-state index in [9.17, 15) is 5.11 Å². The zero-order chi connectivity index (χ0) is 13.0. The average Bonchev–Trinajstić information content (AvgIpc) is 2.60. The zero-order valence-corrected chi connectivity index (χ0v) is 11.9. The number of aliphatic hydroxyl groups is 1. The standard InChI is InChI=1S/C14H19Cl2NO/c15-12-3-2-11(10-13(12)16)14(6-9-18)4-1-7-17-8-5-14/h2-3,10,17-18H,1,4-9H2. The summed E-state index contributed by atoms with van der Waals surface area (Å²) < 4.78 is 0. The van der Waals surface area contributed by atoms with Crippen LogP contribution in [0.5, 0.6) is 0 Å². The molecule has 100 valence electrons. The van der Waals surface area contributed by atoms with Crippen LogP contribution in [0.4, 0.5) is 0 Å². The second-order valence-corrected chi connectivity index (χ2v) is 5.80. The Morgan fingerprint density at radius 1 is 1.17 bits per heavy atom. The molecule has 4 heteroatoms. The van der Waals surface area contributed by atoms with Crippen molar-refractivity contribution in [2.75, 3.05) is 19.7 Å². The Labute approximate surface area is 118 Å². The van der Waals surface area contributed by atoms with Gasteiger partial charge in [-0.2, -0.15) is 0 Å². The van der Waals surface area contributed by atoms with Crippen molar-refractivity contribution in [1.82, 2.24) is 5.32 Å². The third-order valence-electron chi connectivity index (χ3n) is 3.91. The molecule has 1 heterocycles. The summed E-state index contributed by atoms with van der Waals surface area (Å²) in [7, 11) is 0. The second kappa shape index (κ2) is 6.25. The summed E-state index contributed by atoms with van der Waals surface area (Å²) in [6, 6.07) is 5.87. The number of rotatable bonds is 3. The van der Waals surface area contributed by atoms with Crippen molar-refractivity contribution in [2.24, 2.45) is 0 Å². The Kier molecular flexibility index (Phi) is 4.91. The molecule has 2 nitrogen and oxygen atoms in total. The Bertz CT molecular complexity index is 401. The fraction of sp³-hybridized carbons (Fsp3) is 0.571. The quantitative estimate of drug-likeness (QED) is 0.893. The predicted octanol–water partition coefficient (Wildman–Crippen LogP) is 3.39. The first-order valence-electron chi connectivity index (χ1n) is 6.45. The van der Waals surface area contributed by atoms with Crippen molar-refractivity contribution in [3.05, 3.63) is 33.8 Å². The predicted molar refractivity (Wildman–Crippen MR) is 76.6 cm³/mol. The smallest absolute Gasteiger partial charge is 0.0595 e. The molecule has 1 aromatic carbocycles. The van der Waals surface area contributed by atoms with Gasteiger partial charge >= 0.3 is 0 Å². The molecule has 0 radical (unpaired) electrons. The average molecular weight is 288 g/mol. The first kappa shape index (κ1) is 14.1. The van der Waals surface area contributed by atoms with Crippen LogP contribution < -0.4 is 5.32 Å². The van der Waals surface area contributed by atoms with Gasteiger partial charge in [-0.25, -0.2) is 0 Å². The van der Waals surface area contributed by atoms with Gasteiger partial charge in [0.1, 0.15) is 0 Å². The molecule has 1 aliphatic heterocycles. The monoisotopic (exact) mass is 287 g/mol. The molecule has 0 saturated carbocycles.